The van der Waals surface area contributed by atoms with Crippen molar-refractivity contribution >= 4 is 49.6 Å². The molecule has 214 valence electrons. The van der Waals surface area contributed by atoms with Crippen molar-refractivity contribution in [1.82, 2.24) is 23.3 Å². The summed E-state index contributed by atoms with van der Waals surface area (Å²) in [5.41, 5.74) is 2.27. The lowest BCUT2D eigenvalue weighted by molar-refractivity contribution is 0.429. The lowest BCUT2D eigenvalue weighted by atomic mass is 10.2. The minimum atomic E-state index is -0.477. The monoisotopic (exact) mass is 627 g/mol. The average molecular weight is 629 g/mol. The van der Waals surface area contributed by atoms with E-state index in [0.717, 1.165) is 21.1 Å². The van der Waals surface area contributed by atoms with Gasteiger partial charge in [-0.25, -0.2) is 4.79 Å². The van der Waals surface area contributed by atoms with E-state index in [0.29, 0.717) is 18.5 Å². The molecule has 0 saturated heterocycles. The summed E-state index contributed by atoms with van der Waals surface area (Å²) < 4.78 is 6.72. The van der Waals surface area contributed by atoms with Crippen molar-refractivity contribution < 1.29 is 5.11 Å². The maximum atomic E-state index is 13.6. The molecule has 0 amide bonds. The number of benzene rings is 2. The molecule has 5 rings (SSSR count). The van der Waals surface area contributed by atoms with Crippen LogP contribution >= 0.6 is 15.9 Å². The van der Waals surface area contributed by atoms with Crippen LogP contribution in [-0.4, -0.2) is 28.4 Å². The number of fused-ring (bicyclic) bond motifs is 2. The van der Waals surface area contributed by atoms with Crippen molar-refractivity contribution in [2.45, 2.75) is 33.5 Å². The zero-order chi connectivity index (χ0) is 30.0. The molecule has 42 heavy (non-hydrogen) atoms. The molecular formula is C31H30BrN7O3. The quantitative estimate of drug-likeness (QED) is 0.149. The minimum Gasteiger partial charge on any atom is -0.493 e. The van der Waals surface area contributed by atoms with Gasteiger partial charge in [-0.2, -0.15) is 4.98 Å². The van der Waals surface area contributed by atoms with Crippen LogP contribution in [0.2, 0.25) is 0 Å². The third-order valence-corrected chi connectivity index (χ3v) is 7.52. The number of imidazole rings is 1. The molecule has 3 aromatic heterocycles. The van der Waals surface area contributed by atoms with E-state index >= 15 is 0 Å². The Bertz CT molecular complexity index is 2030. The van der Waals surface area contributed by atoms with E-state index in [4.69, 9.17) is 0 Å². The molecule has 5 aromatic rings. The zero-order valence-corrected chi connectivity index (χ0v) is 25.1. The number of hydrogen-bond donors (Lipinski definition) is 1. The number of rotatable bonds is 9. The van der Waals surface area contributed by atoms with E-state index in [1.54, 1.807) is 22.3 Å². The van der Waals surface area contributed by atoms with E-state index in [2.05, 4.69) is 37.7 Å². The average Bonchev–Trinajstić information content (AvgIpc) is 3.49. The predicted octanol–water partition coefficient (Wildman–Crippen LogP) is 6.49. The fourth-order valence-corrected chi connectivity index (χ4v) is 5.24. The Hall–Kier alpha value is -4.77. The number of nitrogens with zero attached hydrogens (tertiary/aromatic N) is 7. The second-order valence-corrected chi connectivity index (χ2v) is 10.6. The molecule has 2 aromatic carbocycles. The summed E-state index contributed by atoms with van der Waals surface area (Å²) in [6.07, 6.45) is 7.49. The van der Waals surface area contributed by atoms with Gasteiger partial charge in [-0.15, -0.1) is 10.2 Å². The Labute approximate surface area is 250 Å². The van der Waals surface area contributed by atoms with Gasteiger partial charge < -0.3 is 14.2 Å². The lowest BCUT2D eigenvalue weighted by Crippen LogP contribution is -2.39. The number of aromatic hydroxyl groups is 1. The lowest BCUT2D eigenvalue weighted by Gasteiger charge is -2.09. The van der Waals surface area contributed by atoms with Gasteiger partial charge in [-0.3, -0.25) is 13.9 Å². The van der Waals surface area contributed by atoms with E-state index in [9.17, 15) is 14.7 Å². The van der Waals surface area contributed by atoms with Gasteiger partial charge in [0.25, 0.3) is 11.5 Å². The first-order valence-electron chi connectivity index (χ1n) is 13.4. The molecule has 0 saturated carbocycles. The van der Waals surface area contributed by atoms with Gasteiger partial charge in [0.15, 0.2) is 16.9 Å². The summed E-state index contributed by atoms with van der Waals surface area (Å²) >= 11 is 3.51. The predicted molar refractivity (Wildman–Crippen MR) is 169 cm³/mol. The number of allylic oxidation sites excluding steroid dienone is 5. The fraction of sp³-hybridized carbons (Fsp3) is 0.194. The topological polar surface area (TPSA) is 112 Å². The number of aromatic nitrogens is 5. The van der Waals surface area contributed by atoms with Crippen LogP contribution in [0.4, 0.5) is 11.6 Å². The van der Waals surface area contributed by atoms with E-state index < -0.39 is 11.2 Å². The van der Waals surface area contributed by atoms with Crippen molar-refractivity contribution in [3.63, 3.8) is 0 Å². The molecule has 3 heterocycles. The highest BCUT2D eigenvalue weighted by atomic mass is 79.9. The number of halogens is 1. The molecule has 0 bridgehead atoms. The molecule has 11 heteroatoms. The maximum absolute atomic E-state index is 13.6. The zero-order valence-electron chi connectivity index (χ0n) is 23.5. The summed E-state index contributed by atoms with van der Waals surface area (Å²) in [6, 6.07) is 15.0. The summed E-state index contributed by atoms with van der Waals surface area (Å²) in [5.74, 6) is 0.0731. The van der Waals surface area contributed by atoms with Crippen LogP contribution < -0.4 is 11.2 Å². The Kier molecular flexibility index (Phi) is 8.21. The van der Waals surface area contributed by atoms with Gasteiger partial charge in [-0.05, 0) is 43.2 Å². The SMILES string of the molecule is C=CC(=CC=CC)Cn1c(O)c(N=Nc2nc3c(c(=O)n(Cc4ccccc4)c(=O)n3C)n2CC)c2cc(Br)ccc21. The van der Waals surface area contributed by atoms with Crippen molar-refractivity contribution in [1.29, 1.82) is 0 Å². The number of aryl methyl sites for hydroxylation is 2. The van der Waals surface area contributed by atoms with E-state index in [1.807, 2.05) is 80.6 Å². The van der Waals surface area contributed by atoms with Crippen molar-refractivity contribution in [3.05, 3.63) is 116 Å². The van der Waals surface area contributed by atoms with Crippen LogP contribution in [0.1, 0.15) is 19.4 Å². The Morgan fingerprint density at radius 1 is 1.10 bits per heavy atom. The molecule has 0 aliphatic heterocycles. The van der Waals surface area contributed by atoms with Crippen LogP contribution in [0.5, 0.6) is 5.88 Å². The van der Waals surface area contributed by atoms with Crippen LogP contribution in [0.15, 0.2) is 109 Å². The summed E-state index contributed by atoms with van der Waals surface area (Å²) in [4.78, 5) is 31.3. The van der Waals surface area contributed by atoms with Crippen molar-refractivity contribution in [3.8, 4) is 5.88 Å². The van der Waals surface area contributed by atoms with E-state index in [1.165, 1.54) is 9.13 Å². The molecule has 10 nitrogen and oxygen atoms in total. The molecule has 0 atom stereocenters. The van der Waals surface area contributed by atoms with Crippen LogP contribution in [0, 0.1) is 0 Å². The molecule has 1 N–H and O–H groups in total. The van der Waals surface area contributed by atoms with Crippen LogP contribution in [0.3, 0.4) is 0 Å². The molecule has 0 spiro atoms. The fourth-order valence-electron chi connectivity index (χ4n) is 4.88. The smallest absolute Gasteiger partial charge is 0.332 e. The first kappa shape index (κ1) is 28.7. The Morgan fingerprint density at radius 2 is 1.86 bits per heavy atom. The molecule has 0 unspecified atom stereocenters. The largest absolute Gasteiger partial charge is 0.493 e. The van der Waals surface area contributed by atoms with Crippen molar-refractivity contribution in [2.24, 2.45) is 17.3 Å². The Balaban J connectivity index is 1.65. The summed E-state index contributed by atoms with van der Waals surface area (Å²) in [7, 11) is 1.58. The molecule has 0 radical (unpaired) electrons. The van der Waals surface area contributed by atoms with Gasteiger partial charge >= 0.3 is 5.69 Å². The highest BCUT2D eigenvalue weighted by molar-refractivity contribution is 9.10. The highest BCUT2D eigenvalue weighted by Gasteiger charge is 2.21. The third kappa shape index (κ3) is 5.18. The first-order chi connectivity index (χ1) is 20.3. The second-order valence-electron chi connectivity index (χ2n) is 9.64. The molecular weight excluding hydrogens is 598 g/mol. The summed E-state index contributed by atoms with van der Waals surface area (Å²) in [5, 5.41) is 20.8. The standard InChI is InChI=1S/C31H30BrN7O3/c1-5-8-12-20(6-2)18-38-24-16-15-22(32)17-23(24)25(28(38)40)34-35-30-33-27-26(37(30)7-3)29(41)39(31(42)36(27)4)19-21-13-10-9-11-14-21/h5-6,8-17,40H,2,7,18-19H2,1,3-4H3. The van der Waals surface area contributed by atoms with Gasteiger partial charge in [-0.1, -0.05) is 77.1 Å². The summed E-state index contributed by atoms with van der Waals surface area (Å²) in [6.45, 7) is 8.54. The van der Waals surface area contributed by atoms with E-state index in [-0.39, 0.29) is 35.2 Å². The normalized spacial score (nSPS) is 12.4. The second kappa shape index (κ2) is 12.0. The van der Waals surface area contributed by atoms with Crippen molar-refractivity contribution in [2.75, 3.05) is 0 Å². The molecule has 0 aliphatic rings. The Morgan fingerprint density at radius 3 is 2.55 bits per heavy atom. The molecule has 0 aliphatic carbocycles. The minimum absolute atomic E-state index is 0.0724. The van der Waals surface area contributed by atoms with Gasteiger partial charge in [0, 0.05) is 23.5 Å². The first-order valence-corrected chi connectivity index (χ1v) is 14.2. The highest BCUT2D eigenvalue weighted by Crippen LogP contribution is 2.41. The number of azo groups is 1. The van der Waals surface area contributed by atoms with Gasteiger partial charge in [0.1, 0.15) is 0 Å². The number of hydrogen-bond acceptors (Lipinski definition) is 6. The maximum Gasteiger partial charge on any atom is 0.332 e. The van der Waals surface area contributed by atoms with Crippen LogP contribution in [-0.2, 0) is 26.7 Å². The van der Waals surface area contributed by atoms with Gasteiger partial charge in [0.2, 0.25) is 5.88 Å². The third-order valence-electron chi connectivity index (χ3n) is 7.03. The van der Waals surface area contributed by atoms with Gasteiger partial charge in [0.05, 0.1) is 18.6 Å². The van der Waals surface area contributed by atoms with Crippen LogP contribution in [0.25, 0.3) is 22.1 Å². The molecule has 0 fully saturated rings.